The summed E-state index contributed by atoms with van der Waals surface area (Å²) in [4.78, 5) is 28.1. The molecule has 3 saturated heterocycles. The van der Waals surface area contributed by atoms with Gasteiger partial charge in [0, 0.05) is 13.1 Å². The van der Waals surface area contributed by atoms with Gasteiger partial charge in [0.25, 0.3) is 5.91 Å². The van der Waals surface area contributed by atoms with Crippen molar-refractivity contribution in [2.24, 2.45) is 5.92 Å². The number of aryl methyl sites for hydroxylation is 1. The Morgan fingerprint density at radius 2 is 1.54 bits per heavy atom. The number of hydrogen-bond acceptors (Lipinski definition) is 4. The quantitative estimate of drug-likeness (QED) is 0.770. The van der Waals surface area contributed by atoms with E-state index in [9.17, 15) is 14.0 Å². The van der Waals surface area contributed by atoms with Gasteiger partial charge >= 0.3 is 0 Å². The number of imide groups is 1. The zero-order chi connectivity index (χ0) is 19.4. The van der Waals surface area contributed by atoms with Crippen LogP contribution in [0.15, 0.2) is 48.5 Å². The van der Waals surface area contributed by atoms with E-state index < -0.39 is 12.0 Å². The molecule has 2 aromatic carbocycles. The molecule has 3 aliphatic heterocycles. The van der Waals surface area contributed by atoms with Crippen LogP contribution in [0.1, 0.15) is 30.5 Å². The number of fused-ring (bicyclic) bond motifs is 3. The number of benzene rings is 2. The fraction of sp³-hybridized carbons (Fsp3) is 0.364. The van der Waals surface area contributed by atoms with E-state index in [4.69, 9.17) is 0 Å². The Bertz CT molecular complexity index is 928. The zero-order valence-electron chi connectivity index (χ0n) is 15.7. The lowest BCUT2D eigenvalue weighted by Crippen LogP contribution is -2.44. The number of rotatable bonds is 3. The smallest absolute Gasteiger partial charge is 0.253 e. The second-order valence-corrected chi connectivity index (χ2v) is 7.68. The summed E-state index contributed by atoms with van der Waals surface area (Å²) in [6, 6.07) is 13.2. The fourth-order valence-electron chi connectivity index (χ4n) is 4.91. The first-order valence-electron chi connectivity index (χ1n) is 9.85. The highest BCUT2D eigenvalue weighted by atomic mass is 19.1. The summed E-state index contributed by atoms with van der Waals surface area (Å²) in [6.45, 7) is 3.64. The van der Waals surface area contributed by atoms with Gasteiger partial charge in [-0.25, -0.2) is 19.3 Å². The van der Waals surface area contributed by atoms with Crippen molar-refractivity contribution in [1.29, 1.82) is 0 Å². The molecule has 0 aliphatic carbocycles. The largest absolute Gasteiger partial charge is 0.274 e. The highest BCUT2D eigenvalue weighted by Crippen LogP contribution is 2.48. The molecule has 0 bridgehead atoms. The topological polar surface area (TPSA) is 43.9 Å². The maximum Gasteiger partial charge on any atom is 0.253 e. The van der Waals surface area contributed by atoms with Crippen LogP contribution in [0.3, 0.4) is 0 Å². The van der Waals surface area contributed by atoms with E-state index >= 15 is 0 Å². The molecule has 0 unspecified atom stereocenters. The van der Waals surface area contributed by atoms with Gasteiger partial charge in [0.05, 0.1) is 17.6 Å². The monoisotopic (exact) mass is 379 g/mol. The molecule has 28 heavy (non-hydrogen) atoms. The SMILES string of the molecule is CCc1ccc(N2C(=O)[C@@H]3[C@@H](C2=O)N2CCCN2[C@H]3c2ccc(F)cc2)cc1. The summed E-state index contributed by atoms with van der Waals surface area (Å²) in [5, 5.41) is 4.19. The van der Waals surface area contributed by atoms with Crippen LogP contribution >= 0.6 is 0 Å². The number of hydrazine groups is 1. The van der Waals surface area contributed by atoms with Gasteiger partial charge in [-0.3, -0.25) is 9.59 Å². The highest BCUT2D eigenvalue weighted by molar-refractivity contribution is 6.24. The zero-order valence-corrected chi connectivity index (χ0v) is 15.7. The average molecular weight is 379 g/mol. The average Bonchev–Trinajstić information content (AvgIpc) is 3.35. The molecule has 0 aromatic heterocycles. The first-order valence-corrected chi connectivity index (χ1v) is 9.85. The van der Waals surface area contributed by atoms with Gasteiger partial charge in [-0.1, -0.05) is 31.2 Å². The minimum Gasteiger partial charge on any atom is -0.274 e. The molecule has 144 valence electrons. The molecule has 0 N–H and O–H groups in total. The summed E-state index contributed by atoms with van der Waals surface area (Å²) in [5.41, 5.74) is 2.67. The highest BCUT2D eigenvalue weighted by Gasteiger charge is 2.62. The van der Waals surface area contributed by atoms with Crippen LogP contribution < -0.4 is 4.90 Å². The second-order valence-electron chi connectivity index (χ2n) is 7.68. The van der Waals surface area contributed by atoms with Gasteiger partial charge in [-0.15, -0.1) is 0 Å². The Balaban J connectivity index is 1.55. The third-order valence-corrected chi connectivity index (χ3v) is 6.22. The molecular formula is C22H22FN3O2. The van der Waals surface area contributed by atoms with E-state index in [1.165, 1.54) is 17.0 Å². The van der Waals surface area contributed by atoms with Crippen molar-refractivity contribution in [3.05, 3.63) is 65.5 Å². The number of hydrogen-bond donors (Lipinski definition) is 0. The van der Waals surface area contributed by atoms with Gasteiger partial charge < -0.3 is 0 Å². The van der Waals surface area contributed by atoms with Crippen molar-refractivity contribution in [1.82, 2.24) is 10.0 Å². The number of amides is 2. The number of halogens is 1. The molecule has 5 nitrogen and oxygen atoms in total. The van der Waals surface area contributed by atoms with Crippen molar-refractivity contribution in [3.63, 3.8) is 0 Å². The summed E-state index contributed by atoms with van der Waals surface area (Å²) in [7, 11) is 0. The number of nitrogens with zero attached hydrogens (tertiary/aromatic N) is 3. The molecule has 3 heterocycles. The molecule has 6 heteroatoms. The van der Waals surface area contributed by atoms with E-state index in [1.807, 2.05) is 24.3 Å². The van der Waals surface area contributed by atoms with Gasteiger partial charge in [0.2, 0.25) is 5.91 Å². The predicted octanol–water partition coefficient (Wildman–Crippen LogP) is 2.92. The minimum absolute atomic E-state index is 0.157. The van der Waals surface area contributed by atoms with Crippen LogP contribution in [0.5, 0.6) is 0 Å². The number of carbonyl (C=O) groups is 2. The maximum absolute atomic E-state index is 13.4. The molecule has 3 aliphatic rings. The first-order chi connectivity index (χ1) is 13.6. The van der Waals surface area contributed by atoms with Crippen LogP contribution in [0.2, 0.25) is 0 Å². The lowest BCUT2D eigenvalue weighted by molar-refractivity contribution is -0.126. The van der Waals surface area contributed by atoms with Gasteiger partial charge in [0.15, 0.2) is 0 Å². The lowest BCUT2D eigenvalue weighted by atomic mass is 9.90. The summed E-state index contributed by atoms with van der Waals surface area (Å²) < 4.78 is 13.4. The maximum atomic E-state index is 13.4. The third kappa shape index (κ3) is 2.45. The lowest BCUT2D eigenvalue weighted by Gasteiger charge is -2.29. The Morgan fingerprint density at radius 3 is 2.18 bits per heavy atom. The fourth-order valence-corrected chi connectivity index (χ4v) is 4.91. The second kappa shape index (κ2) is 6.50. The summed E-state index contributed by atoms with van der Waals surface area (Å²) in [6.07, 6.45) is 1.86. The normalized spacial score (nSPS) is 27.5. The van der Waals surface area contributed by atoms with Crippen LogP contribution in [0.25, 0.3) is 0 Å². The van der Waals surface area contributed by atoms with Crippen LogP contribution in [-0.4, -0.2) is 41.0 Å². The molecular weight excluding hydrogens is 357 g/mol. The number of anilines is 1. The van der Waals surface area contributed by atoms with Crippen LogP contribution in [-0.2, 0) is 16.0 Å². The molecule has 5 rings (SSSR count). The van der Waals surface area contributed by atoms with Crippen molar-refractivity contribution in [3.8, 4) is 0 Å². The minimum atomic E-state index is -0.476. The summed E-state index contributed by atoms with van der Waals surface area (Å²) in [5.74, 6) is -1.09. The third-order valence-electron chi connectivity index (χ3n) is 6.22. The standard InChI is InChI=1S/C22H22FN3O2/c1-2-14-4-10-17(11-5-14)26-21(27)18-19(15-6-8-16(23)9-7-15)24-12-3-13-25(24)20(18)22(26)28/h4-11,18-20H,2-3,12-13H2,1H3/t18-,19-,20-/m0/s1. The molecule has 0 radical (unpaired) electrons. The van der Waals surface area contributed by atoms with Gasteiger partial charge in [-0.2, -0.15) is 0 Å². The Hall–Kier alpha value is -2.57. The van der Waals surface area contributed by atoms with Crippen LogP contribution in [0.4, 0.5) is 10.1 Å². The molecule has 3 fully saturated rings. The summed E-state index contributed by atoms with van der Waals surface area (Å²) >= 11 is 0. The number of carbonyl (C=O) groups excluding carboxylic acids is 2. The molecule has 3 atom stereocenters. The van der Waals surface area contributed by atoms with Crippen molar-refractivity contribution < 1.29 is 14.0 Å². The van der Waals surface area contributed by atoms with E-state index in [0.717, 1.165) is 37.1 Å². The molecule has 2 amide bonds. The predicted molar refractivity (Wildman–Crippen MR) is 103 cm³/mol. The molecule has 0 saturated carbocycles. The van der Waals surface area contributed by atoms with E-state index in [2.05, 4.69) is 16.9 Å². The van der Waals surface area contributed by atoms with Crippen molar-refractivity contribution >= 4 is 17.5 Å². The Labute approximate surface area is 163 Å². The molecule has 2 aromatic rings. The van der Waals surface area contributed by atoms with Gasteiger partial charge in [-0.05, 0) is 48.2 Å². The first kappa shape index (κ1) is 17.5. The van der Waals surface area contributed by atoms with Crippen molar-refractivity contribution in [2.75, 3.05) is 18.0 Å². The van der Waals surface area contributed by atoms with Crippen molar-refractivity contribution in [2.45, 2.75) is 31.8 Å². The van der Waals surface area contributed by atoms with E-state index in [1.54, 1.807) is 12.1 Å². The van der Waals surface area contributed by atoms with Crippen LogP contribution in [0, 0.1) is 11.7 Å². The Kier molecular flexibility index (Phi) is 4.07. The molecule has 0 spiro atoms. The van der Waals surface area contributed by atoms with E-state index in [0.29, 0.717) is 5.69 Å². The van der Waals surface area contributed by atoms with Gasteiger partial charge in [0.1, 0.15) is 11.9 Å². The van der Waals surface area contributed by atoms with E-state index in [-0.39, 0.29) is 23.7 Å². The Morgan fingerprint density at radius 1 is 0.893 bits per heavy atom.